The molecule has 29 heavy (non-hydrogen) atoms. The molecule has 0 fully saturated rings. The second-order valence-corrected chi connectivity index (χ2v) is 9.08. The maximum Gasteiger partial charge on any atom is 0.291 e. The van der Waals surface area contributed by atoms with E-state index in [0.29, 0.717) is 11.3 Å². The van der Waals surface area contributed by atoms with E-state index in [1.54, 1.807) is 11.8 Å². The quantitative estimate of drug-likeness (QED) is 0.338. The third-order valence-electron chi connectivity index (χ3n) is 4.79. The van der Waals surface area contributed by atoms with Gasteiger partial charge in [0.1, 0.15) is 5.58 Å². The number of nitrogens with one attached hydrogen (secondary N) is 1. The lowest BCUT2D eigenvalue weighted by Crippen LogP contribution is -2.11. The van der Waals surface area contributed by atoms with Crippen molar-refractivity contribution in [2.24, 2.45) is 0 Å². The van der Waals surface area contributed by atoms with E-state index in [1.165, 1.54) is 16.0 Å². The molecule has 0 aliphatic carbocycles. The molecule has 1 amide bonds. The Morgan fingerprint density at radius 1 is 0.966 bits per heavy atom. The zero-order valence-electron chi connectivity index (χ0n) is 16.4. The SMILES string of the molecule is Cc1ccc(C)c(Sc2ccc(NC(=O)c3oc4ccc(Br)cc4c3C)cc2)c1. The van der Waals surface area contributed by atoms with Gasteiger partial charge in [-0.2, -0.15) is 0 Å². The summed E-state index contributed by atoms with van der Waals surface area (Å²) in [5.41, 5.74) is 4.78. The van der Waals surface area contributed by atoms with Crippen molar-refractivity contribution in [1.29, 1.82) is 0 Å². The zero-order chi connectivity index (χ0) is 20.5. The molecule has 0 radical (unpaired) electrons. The van der Waals surface area contributed by atoms with Crippen LogP contribution >= 0.6 is 27.7 Å². The van der Waals surface area contributed by atoms with Gasteiger partial charge in [0.05, 0.1) is 0 Å². The Labute approximate surface area is 182 Å². The van der Waals surface area contributed by atoms with E-state index in [4.69, 9.17) is 4.42 Å². The van der Waals surface area contributed by atoms with Crippen LogP contribution in [0.5, 0.6) is 0 Å². The van der Waals surface area contributed by atoms with E-state index in [-0.39, 0.29) is 5.91 Å². The molecule has 1 N–H and O–H groups in total. The van der Waals surface area contributed by atoms with Crippen molar-refractivity contribution in [2.45, 2.75) is 30.6 Å². The third-order valence-corrected chi connectivity index (χ3v) is 6.45. The molecule has 4 aromatic rings. The molecule has 0 saturated carbocycles. The maximum atomic E-state index is 12.7. The van der Waals surface area contributed by atoms with Gasteiger partial charge in [-0.3, -0.25) is 4.79 Å². The lowest BCUT2D eigenvalue weighted by atomic mass is 10.1. The molecule has 3 aromatic carbocycles. The smallest absolute Gasteiger partial charge is 0.291 e. The molecule has 1 heterocycles. The molecule has 4 rings (SSSR count). The number of halogens is 1. The Balaban J connectivity index is 1.51. The first-order valence-electron chi connectivity index (χ1n) is 9.26. The fourth-order valence-electron chi connectivity index (χ4n) is 3.15. The summed E-state index contributed by atoms with van der Waals surface area (Å²) in [6, 6.07) is 20.1. The fraction of sp³-hybridized carbons (Fsp3) is 0.125. The first-order chi connectivity index (χ1) is 13.9. The highest BCUT2D eigenvalue weighted by molar-refractivity contribution is 9.10. The first-order valence-corrected chi connectivity index (χ1v) is 10.9. The summed E-state index contributed by atoms with van der Waals surface area (Å²) in [5, 5.41) is 3.87. The van der Waals surface area contributed by atoms with Crippen LogP contribution < -0.4 is 5.32 Å². The van der Waals surface area contributed by atoms with Gasteiger partial charge in [0.2, 0.25) is 0 Å². The lowest BCUT2D eigenvalue weighted by Gasteiger charge is -2.08. The van der Waals surface area contributed by atoms with Gasteiger partial charge in [-0.15, -0.1) is 0 Å². The van der Waals surface area contributed by atoms with Crippen molar-refractivity contribution in [3.8, 4) is 0 Å². The van der Waals surface area contributed by atoms with Crippen molar-refractivity contribution in [2.75, 3.05) is 5.32 Å². The summed E-state index contributed by atoms with van der Waals surface area (Å²) < 4.78 is 6.73. The van der Waals surface area contributed by atoms with E-state index in [0.717, 1.165) is 26.0 Å². The zero-order valence-corrected chi connectivity index (χ0v) is 18.8. The second kappa shape index (κ2) is 8.09. The van der Waals surface area contributed by atoms with Crippen LogP contribution in [0.15, 0.2) is 79.3 Å². The number of anilines is 1. The molecule has 1 aromatic heterocycles. The Hall–Kier alpha value is -2.50. The number of hydrogen-bond donors (Lipinski definition) is 1. The molecule has 3 nitrogen and oxygen atoms in total. The van der Waals surface area contributed by atoms with Gasteiger partial charge in [-0.1, -0.05) is 39.8 Å². The minimum absolute atomic E-state index is 0.246. The summed E-state index contributed by atoms with van der Waals surface area (Å²) >= 11 is 5.18. The highest BCUT2D eigenvalue weighted by Gasteiger charge is 2.18. The number of rotatable bonds is 4. The molecule has 0 unspecified atom stereocenters. The number of furan rings is 1. The van der Waals surface area contributed by atoms with E-state index >= 15 is 0 Å². The Morgan fingerprint density at radius 2 is 1.72 bits per heavy atom. The van der Waals surface area contributed by atoms with Crippen molar-refractivity contribution in [3.63, 3.8) is 0 Å². The van der Waals surface area contributed by atoms with Crippen LogP contribution in [0, 0.1) is 20.8 Å². The van der Waals surface area contributed by atoms with Crippen molar-refractivity contribution < 1.29 is 9.21 Å². The number of fused-ring (bicyclic) bond motifs is 1. The average Bonchev–Trinajstić information content (AvgIpc) is 3.02. The average molecular weight is 466 g/mol. The Kier molecular flexibility index (Phi) is 5.52. The number of amides is 1. The number of hydrogen-bond acceptors (Lipinski definition) is 3. The van der Waals surface area contributed by atoms with Gasteiger partial charge in [-0.05, 0) is 80.4 Å². The van der Waals surface area contributed by atoms with Crippen molar-refractivity contribution in [1.82, 2.24) is 0 Å². The van der Waals surface area contributed by atoms with Crippen LogP contribution in [-0.2, 0) is 0 Å². The highest BCUT2D eigenvalue weighted by atomic mass is 79.9. The largest absolute Gasteiger partial charge is 0.451 e. The lowest BCUT2D eigenvalue weighted by molar-refractivity contribution is 0.0998. The van der Waals surface area contributed by atoms with E-state index in [2.05, 4.69) is 53.3 Å². The molecule has 0 saturated heterocycles. The number of benzene rings is 3. The molecular weight excluding hydrogens is 446 g/mol. The Morgan fingerprint density at radius 3 is 2.48 bits per heavy atom. The molecule has 0 aliphatic heterocycles. The molecule has 146 valence electrons. The minimum Gasteiger partial charge on any atom is -0.451 e. The number of carbonyl (C=O) groups excluding carboxylic acids is 1. The number of aryl methyl sites for hydroxylation is 3. The van der Waals surface area contributed by atoms with Crippen LogP contribution in [0.3, 0.4) is 0 Å². The third kappa shape index (κ3) is 4.26. The summed E-state index contributed by atoms with van der Waals surface area (Å²) in [7, 11) is 0. The van der Waals surface area contributed by atoms with Crippen LogP contribution in [0.4, 0.5) is 5.69 Å². The molecule has 0 atom stereocenters. The fourth-order valence-corrected chi connectivity index (χ4v) is 4.51. The van der Waals surface area contributed by atoms with Crippen LogP contribution in [0.1, 0.15) is 27.2 Å². The standard InChI is InChI=1S/C24H20BrNO2S/c1-14-4-5-15(2)22(12-14)29-19-9-7-18(8-10-19)26-24(27)23-16(3)20-13-17(25)6-11-21(20)28-23/h4-13H,1-3H3,(H,26,27). The normalized spacial score (nSPS) is 11.0. The molecular formula is C24H20BrNO2S. The highest BCUT2D eigenvalue weighted by Crippen LogP contribution is 2.32. The number of carbonyl (C=O) groups is 1. The molecule has 0 aliphatic rings. The van der Waals surface area contributed by atoms with Crippen molar-refractivity contribution in [3.05, 3.63) is 87.6 Å². The summed E-state index contributed by atoms with van der Waals surface area (Å²) in [4.78, 5) is 15.1. The first kappa shape index (κ1) is 19.8. The monoisotopic (exact) mass is 465 g/mol. The molecule has 5 heteroatoms. The second-order valence-electron chi connectivity index (χ2n) is 7.05. The topological polar surface area (TPSA) is 42.2 Å². The summed E-state index contributed by atoms with van der Waals surface area (Å²) in [6.07, 6.45) is 0. The minimum atomic E-state index is -0.246. The summed E-state index contributed by atoms with van der Waals surface area (Å²) in [6.45, 7) is 6.11. The van der Waals surface area contributed by atoms with Crippen LogP contribution in [0.2, 0.25) is 0 Å². The molecule has 0 bridgehead atoms. The van der Waals surface area contributed by atoms with Crippen molar-refractivity contribution >= 4 is 50.3 Å². The predicted octanol–water partition coefficient (Wildman–Crippen LogP) is 7.52. The van der Waals surface area contributed by atoms with Gasteiger partial charge in [0.25, 0.3) is 5.91 Å². The van der Waals surface area contributed by atoms with E-state index in [1.807, 2.05) is 49.4 Å². The van der Waals surface area contributed by atoms with Gasteiger partial charge >= 0.3 is 0 Å². The maximum absolute atomic E-state index is 12.7. The van der Waals surface area contributed by atoms with E-state index in [9.17, 15) is 4.79 Å². The summed E-state index contributed by atoms with van der Waals surface area (Å²) in [5.74, 6) is 0.0942. The van der Waals surface area contributed by atoms with Gasteiger partial charge in [-0.25, -0.2) is 0 Å². The predicted molar refractivity (Wildman–Crippen MR) is 123 cm³/mol. The van der Waals surface area contributed by atoms with E-state index < -0.39 is 0 Å². The van der Waals surface area contributed by atoms with Crippen LogP contribution in [-0.4, -0.2) is 5.91 Å². The Bertz CT molecular complexity index is 1210. The van der Waals surface area contributed by atoms with Gasteiger partial charge in [0.15, 0.2) is 5.76 Å². The van der Waals surface area contributed by atoms with Crippen LogP contribution in [0.25, 0.3) is 11.0 Å². The van der Waals surface area contributed by atoms with Gasteiger partial charge < -0.3 is 9.73 Å². The van der Waals surface area contributed by atoms with Gasteiger partial charge in [0, 0.05) is 30.9 Å². The molecule has 0 spiro atoms.